The van der Waals surface area contributed by atoms with Gasteiger partial charge in [0.25, 0.3) is 11.8 Å². The molecule has 2 rings (SSSR count). The lowest BCUT2D eigenvalue weighted by molar-refractivity contribution is -0.123. The molecule has 0 radical (unpaired) electrons. The molecule has 9 heteroatoms. The number of nitrogens with one attached hydrogen (secondary N) is 2. The Balaban J connectivity index is 1.85. The van der Waals surface area contributed by atoms with Crippen molar-refractivity contribution >= 4 is 39.3 Å². The van der Waals surface area contributed by atoms with E-state index in [1.165, 1.54) is 0 Å². The zero-order valence-corrected chi connectivity index (χ0v) is 16.8. The molecule has 2 N–H and O–H groups in total. The summed E-state index contributed by atoms with van der Waals surface area (Å²) in [4.78, 5) is 24.2. The molecule has 0 bridgehead atoms. The molecule has 0 aliphatic heterocycles. The van der Waals surface area contributed by atoms with Crippen LogP contribution in [-0.2, 0) is 9.53 Å². The van der Waals surface area contributed by atoms with Crippen molar-refractivity contribution in [1.82, 2.24) is 10.9 Å². The van der Waals surface area contributed by atoms with Gasteiger partial charge in [-0.25, -0.2) is 0 Å². The number of hydrogen-bond acceptors (Lipinski definition) is 5. The van der Waals surface area contributed by atoms with Crippen molar-refractivity contribution in [3.63, 3.8) is 0 Å². The lowest BCUT2D eigenvalue weighted by Gasteiger charge is -2.12. The Kier molecular flexibility index (Phi) is 8.38. The molecule has 0 aliphatic carbocycles. The molecule has 0 spiro atoms. The maximum absolute atomic E-state index is 12.3. The van der Waals surface area contributed by atoms with Gasteiger partial charge in [0.2, 0.25) is 0 Å². The summed E-state index contributed by atoms with van der Waals surface area (Å²) < 4.78 is 16.4. The molecule has 0 fully saturated rings. The molecule has 2 aromatic carbocycles. The molecule has 0 saturated heterocycles. The number of carbonyl (C=O) groups is 2. The van der Waals surface area contributed by atoms with E-state index in [0.717, 1.165) is 0 Å². The maximum Gasteiger partial charge on any atom is 0.276 e. The van der Waals surface area contributed by atoms with E-state index in [1.807, 2.05) is 0 Å². The minimum absolute atomic E-state index is 0.285. The molecule has 0 atom stereocenters. The summed E-state index contributed by atoms with van der Waals surface area (Å²) in [5.41, 5.74) is 4.91. The fraction of sp³-hybridized carbons (Fsp3) is 0.222. The molecular weight excluding hydrogens is 440 g/mol. The van der Waals surface area contributed by atoms with Gasteiger partial charge in [-0.05, 0) is 46.3 Å². The molecule has 2 aromatic rings. The Labute approximate surface area is 170 Å². The summed E-state index contributed by atoms with van der Waals surface area (Å²) in [6.07, 6.45) is 0. The van der Waals surface area contributed by atoms with Gasteiger partial charge in [-0.3, -0.25) is 20.4 Å². The summed E-state index contributed by atoms with van der Waals surface area (Å²) >= 11 is 9.14. The standard InChI is InChI=1S/C18H18BrClN2O5/c1-25-8-9-26-15-5-3-2-4-13(15)18(24)22-21-17(23)11-27-16-7-6-12(20)10-14(16)19/h2-7,10H,8-9,11H2,1H3,(H,21,23)(H,22,24). The van der Waals surface area contributed by atoms with Crippen molar-refractivity contribution in [3.8, 4) is 11.5 Å². The molecule has 0 unspecified atom stereocenters. The topological polar surface area (TPSA) is 85.9 Å². The van der Waals surface area contributed by atoms with Gasteiger partial charge < -0.3 is 14.2 Å². The first kappa shape index (κ1) is 21.0. The summed E-state index contributed by atoms with van der Waals surface area (Å²) in [6, 6.07) is 11.6. The van der Waals surface area contributed by atoms with E-state index in [-0.39, 0.29) is 12.2 Å². The molecule has 0 heterocycles. The Bertz CT molecular complexity index is 803. The number of para-hydroxylation sites is 1. The van der Waals surface area contributed by atoms with Crippen LogP contribution in [0.15, 0.2) is 46.9 Å². The Morgan fingerprint density at radius 1 is 1.04 bits per heavy atom. The highest BCUT2D eigenvalue weighted by atomic mass is 79.9. The number of benzene rings is 2. The number of methoxy groups -OCH3 is 1. The second-order valence-corrected chi connectivity index (χ2v) is 6.49. The second kappa shape index (κ2) is 10.8. The van der Waals surface area contributed by atoms with Gasteiger partial charge in [0, 0.05) is 12.1 Å². The van der Waals surface area contributed by atoms with Crippen LogP contribution in [0.2, 0.25) is 5.02 Å². The van der Waals surface area contributed by atoms with E-state index >= 15 is 0 Å². The van der Waals surface area contributed by atoms with Gasteiger partial charge in [0.1, 0.15) is 18.1 Å². The minimum atomic E-state index is -0.525. The van der Waals surface area contributed by atoms with Crippen molar-refractivity contribution in [2.24, 2.45) is 0 Å². The smallest absolute Gasteiger partial charge is 0.276 e. The van der Waals surface area contributed by atoms with E-state index in [2.05, 4.69) is 26.8 Å². The van der Waals surface area contributed by atoms with Crippen molar-refractivity contribution in [2.45, 2.75) is 0 Å². The second-order valence-electron chi connectivity index (χ2n) is 5.20. The zero-order chi connectivity index (χ0) is 19.6. The molecule has 2 amide bonds. The molecule has 0 aliphatic rings. The van der Waals surface area contributed by atoms with Gasteiger partial charge in [-0.2, -0.15) is 0 Å². The van der Waals surface area contributed by atoms with E-state index in [9.17, 15) is 9.59 Å². The van der Waals surface area contributed by atoms with Crippen LogP contribution in [0.1, 0.15) is 10.4 Å². The van der Waals surface area contributed by atoms with Crippen molar-refractivity contribution in [1.29, 1.82) is 0 Å². The summed E-state index contributed by atoms with van der Waals surface area (Å²) in [5.74, 6) is -0.188. The van der Waals surface area contributed by atoms with Gasteiger partial charge in [-0.15, -0.1) is 0 Å². The normalized spacial score (nSPS) is 10.2. The zero-order valence-electron chi connectivity index (χ0n) is 14.5. The molecule has 0 aromatic heterocycles. The lowest BCUT2D eigenvalue weighted by atomic mass is 10.2. The summed E-state index contributed by atoms with van der Waals surface area (Å²) in [6.45, 7) is 0.410. The summed E-state index contributed by atoms with van der Waals surface area (Å²) in [7, 11) is 1.56. The lowest BCUT2D eigenvalue weighted by Crippen LogP contribution is -2.44. The van der Waals surface area contributed by atoms with Gasteiger partial charge in [-0.1, -0.05) is 23.7 Å². The SMILES string of the molecule is COCCOc1ccccc1C(=O)NNC(=O)COc1ccc(Cl)cc1Br. The Morgan fingerprint density at radius 3 is 2.56 bits per heavy atom. The van der Waals surface area contributed by atoms with E-state index in [4.69, 9.17) is 25.8 Å². The number of carbonyl (C=O) groups excluding carboxylic acids is 2. The monoisotopic (exact) mass is 456 g/mol. The summed E-state index contributed by atoms with van der Waals surface area (Å²) in [5, 5.41) is 0.539. The maximum atomic E-state index is 12.3. The fourth-order valence-electron chi connectivity index (χ4n) is 1.98. The quantitative estimate of drug-likeness (QED) is 0.470. The average molecular weight is 458 g/mol. The van der Waals surface area contributed by atoms with Gasteiger partial charge in [0.15, 0.2) is 6.61 Å². The average Bonchev–Trinajstić information content (AvgIpc) is 2.66. The predicted octanol–water partition coefficient (Wildman–Crippen LogP) is 2.97. The number of ether oxygens (including phenoxy) is 3. The Hall–Kier alpha value is -2.29. The molecule has 0 saturated carbocycles. The third-order valence-electron chi connectivity index (χ3n) is 3.24. The highest BCUT2D eigenvalue weighted by Gasteiger charge is 2.13. The van der Waals surface area contributed by atoms with Crippen LogP contribution in [0, 0.1) is 0 Å². The number of rotatable bonds is 8. The largest absolute Gasteiger partial charge is 0.490 e. The third kappa shape index (κ3) is 6.74. The number of amides is 2. The van der Waals surface area contributed by atoms with Crippen LogP contribution in [0.5, 0.6) is 11.5 Å². The molecular formula is C18H18BrClN2O5. The highest BCUT2D eigenvalue weighted by Crippen LogP contribution is 2.27. The van der Waals surface area contributed by atoms with Crippen molar-refractivity contribution in [3.05, 3.63) is 57.5 Å². The minimum Gasteiger partial charge on any atom is -0.490 e. The molecule has 27 heavy (non-hydrogen) atoms. The van der Waals surface area contributed by atoms with Crippen LogP contribution in [0.4, 0.5) is 0 Å². The third-order valence-corrected chi connectivity index (χ3v) is 4.10. The van der Waals surface area contributed by atoms with E-state index in [1.54, 1.807) is 49.6 Å². The van der Waals surface area contributed by atoms with Crippen LogP contribution in [0.3, 0.4) is 0 Å². The van der Waals surface area contributed by atoms with Crippen LogP contribution < -0.4 is 20.3 Å². The van der Waals surface area contributed by atoms with Crippen molar-refractivity contribution in [2.75, 3.05) is 26.9 Å². The van der Waals surface area contributed by atoms with E-state index < -0.39 is 11.8 Å². The number of hydrogen-bond donors (Lipinski definition) is 2. The first-order valence-corrected chi connectivity index (χ1v) is 9.06. The fourth-order valence-corrected chi connectivity index (χ4v) is 2.78. The van der Waals surface area contributed by atoms with Crippen LogP contribution >= 0.6 is 27.5 Å². The first-order chi connectivity index (χ1) is 13.0. The van der Waals surface area contributed by atoms with Crippen LogP contribution in [-0.4, -0.2) is 38.7 Å². The first-order valence-electron chi connectivity index (χ1n) is 7.89. The predicted molar refractivity (Wildman–Crippen MR) is 104 cm³/mol. The van der Waals surface area contributed by atoms with E-state index in [0.29, 0.717) is 34.2 Å². The number of hydrazine groups is 1. The molecule has 144 valence electrons. The Morgan fingerprint density at radius 2 is 1.81 bits per heavy atom. The van der Waals surface area contributed by atoms with Crippen LogP contribution in [0.25, 0.3) is 0 Å². The van der Waals surface area contributed by atoms with Gasteiger partial charge >= 0.3 is 0 Å². The molecule has 7 nitrogen and oxygen atoms in total. The van der Waals surface area contributed by atoms with Gasteiger partial charge in [0.05, 0.1) is 16.6 Å². The highest BCUT2D eigenvalue weighted by molar-refractivity contribution is 9.10. The van der Waals surface area contributed by atoms with Crippen molar-refractivity contribution < 1.29 is 23.8 Å². The number of halogens is 2.